The summed E-state index contributed by atoms with van der Waals surface area (Å²) in [5, 5.41) is 3.38. The van der Waals surface area contributed by atoms with Crippen LogP contribution >= 0.6 is 23.5 Å². The summed E-state index contributed by atoms with van der Waals surface area (Å²) in [4.78, 5) is 12.5. The molecule has 6 rings (SSSR count). The summed E-state index contributed by atoms with van der Waals surface area (Å²) < 4.78 is 6.33. The van der Waals surface area contributed by atoms with Crippen LogP contribution in [0.5, 0.6) is 5.75 Å². The van der Waals surface area contributed by atoms with Crippen molar-refractivity contribution in [2.24, 2.45) is 17.8 Å². The molecule has 0 radical (unpaired) electrons. The summed E-state index contributed by atoms with van der Waals surface area (Å²) in [5.74, 6) is 5.86. The topological polar surface area (TPSA) is 38.3 Å². The van der Waals surface area contributed by atoms with Crippen LogP contribution in [0.4, 0.5) is 0 Å². The molecule has 1 amide bonds. The van der Waals surface area contributed by atoms with Crippen LogP contribution < -0.4 is 10.1 Å². The van der Waals surface area contributed by atoms with Crippen LogP contribution in [0, 0.1) is 17.8 Å². The summed E-state index contributed by atoms with van der Waals surface area (Å²) in [6.07, 6.45) is 7.77. The Balaban J connectivity index is 1.15. The van der Waals surface area contributed by atoms with Gasteiger partial charge in [0.25, 0.3) is 5.91 Å². The van der Waals surface area contributed by atoms with Gasteiger partial charge in [-0.3, -0.25) is 4.79 Å². The fraction of sp³-hybridized carbons (Fsp3) is 0.667. The van der Waals surface area contributed by atoms with Crippen molar-refractivity contribution in [1.82, 2.24) is 5.32 Å². The van der Waals surface area contributed by atoms with Gasteiger partial charge in [-0.15, -0.1) is 23.5 Å². The predicted molar refractivity (Wildman–Crippen MR) is 109 cm³/mol. The van der Waals surface area contributed by atoms with Gasteiger partial charge in [0, 0.05) is 17.0 Å². The van der Waals surface area contributed by atoms with Gasteiger partial charge in [-0.2, -0.15) is 0 Å². The van der Waals surface area contributed by atoms with Gasteiger partial charge in [-0.1, -0.05) is 12.1 Å². The lowest BCUT2D eigenvalue weighted by Crippen LogP contribution is -2.60. The molecule has 1 aromatic rings. The first-order valence-electron chi connectivity index (χ1n) is 9.94. The van der Waals surface area contributed by atoms with Gasteiger partial charge in [-0.25, -0.2) is 0 Å². The number of hydrogen-bond acceptors (Lipinski definition) is 4. The van der Waals surface area contributed by atoms with E-state index in [-0.39, 0.29) is 18.1 Å². The Morgan fingerprint density at radius 2 is 1.58 bits per heavy atom. The third kappa shape index (κ3) is 3.49. The van der Waals surface area contributed by atoms with E-state index in [1.54, 1.807) is 0 Å². The van der Waals surface area contributed by atoms with Gasteiger partial charge in [0.2, 0.25) is 0 Å². The van der Waals surface area contributed by atoms with E-state index in [9.17, 15) is 4.79 Å². The van der Waals surface area contributed by atoms with E-state index in [2.05, 4.69) is 17.4 Å². The van der Waals surface area contributed by atoms with Crippen molar-refractivity contribution in [2.75, 3.05) is 18.1 Å². The molecule has 1 saturated heterocycles. The number of hydrogen-bond donors (Lipinski definition) is 1. The van der Waals surface area contributed by atoms with Gasteiger partial charge < -0.3 is 10.1 Å². The smallest absolute Gasteiger partial charge is 0.258 e. The van der Waals surface area contributed by atoms with Gasteiger partial charge in [-0.05, 0) is 74.0 Å². The predicted octanol–water partition coefficient (Wildman–Crippen LogP) is 4.63. The minimum atomic E-state index is 0.0536. The Bertz CT molecular complexity index is 634. The second-order valence-electron chi connectivity index (χ2n) is 8.68. The van der Waals surface area contributed by atoms with E-state index < -0.39 is 0 Å². The quantitative estimate of drug-likeness (QED) is 0.797. The monoisotopic (exact) mass is 389 g/mol. The highest BCUT2D eigenvalue weighted by Crippen LogP contribution is 2.55. The summed E-state index contributed by atoms with van der Waals surface area (Å²) in [6, 6.07) is 8.30. The van der Waals surface area contributed by atoms with Crippen LogP contribution in [0.15, 0.2) is 24.3 Å². The van der Waals surface area contributed by atoms with Crippen LogP contribution in [0.2, 0.25) is 0 Å². The lowest BCUT2D eigenvalue weighted by Gasteiger charge is -2.56. The van der Waals surface area contributed by atoms with Crippen molar-refractivity contribution in [3.63, 3.8) is 0 Å². The van der Waals surface area contributed by atoms with E-state index in [0.29, 0.717) is 4.58 Å². The third-order valence-electron chi connectivity index (χ3n) is 6.59. The first kappa shape index (κ1) is 17.3. The Hall–Kier alpha value is -0.810. The van der Waals surface area contributed by atoms with Crippen molar-refractivity contribution in [2.45, 2.75) is 48.6 Å². The molecule has 0 unspecified atom stereocenters. The van der Waals surface area contributed by atoms with E-state index in [1.165, 1.54) is 55.6 Å². The molecule has 4 bridgehead atoms. The average molecular weight is 390 g/mol. The highest BCUT2D eigenvalue weighted by atomic mass is 32.2. The molecule has 5 fully saturated rings. The standard InChI is InChI=1S/C21H27NO2S2/c23-19(22-21-10-14-7-15(11-21)9-16(8-14)12-21)13-24-18-3-1-17(2-4-18)20-25-5-6-26-20/h1-4,14-16,20H,5-13H2,(H,22,23). The summed E-state index contributed by atoms with van der Waals surface area (Å²) in [7, 11) is 0. The average Bonchev–Trinajstić information content (AvgIpc) is 3.13. The van der Waals surface area contributed by atoms with E-state index in [4.69, 9.17) is 4.74 Å². The lowest BCUT2D eigenvalue weighted by molar-refractivity contribution is -0.128. The molecule has 4 aliphatic carbocycles. The highest BCUT2D eigenvalue weighted by Gasteiger charge is 2.51. The molecule has 140 valence electrons. The number of ether oxygens (including phenoxy) is 1. The maximum absolute atomic E-state index is 12.5. The van der Waals surface area contributed by atoms with Crippen molar-refractivity contribution in [3.8, 4) is 5.75 Å². The first-order chi connectivity index (χ1) is 12.7. The van der Waals surface area contributed by atoms with Crippen LogP contribution in [0.1, 0.15) is 48.7 Å². The summed E-state index contributed by atoms with van der Waals surface area (Å²) >= 11 is 4.02. The fourth-order valence-electron chi connectivity index (χ4n) is 6.02. The van der Waals surface area contributed by atoms with Crippen LogP contribution in [-0.4, -0.2) is 29.6 Å². The van der Waals surface area contributed by atoms with Crippen LogP contribution in [0.3, 0.4) is 0 Å². The minimum absolute atomic E-state index is 0.0536. The zero-order valence-electron chi connectivity index (χ0n) is 15.1. The zero-order chi connectivity index (χ0) is 17.6. The number of thioether (sulfide) groups is 2. The van der Waals surface area contributed by atoms with Crippen LogP contribution in [-0.2, 0) is 4.79 Å². The Kier molecular flexibility index (Phi) is 4.64. The van der Waals surface area contributed by atoms with Crippen molar-refractivity contribution in [3.05, 3.63) is 29.8 Å². The lowest BCUT2D eigenvalue weighted by atomic mass is 9.53. The van der Waals surface area contributed by atoms with Gasteiger partial charge in [0.1, 0.15) is 5.75 Å². The second kappa shape index (κ2) is 6.97. The third-order valence-corrected chi connectivity index (χ3v) is 9.69. The minimum Gasteiger partial charge on any atom is -0.484 e. The molecule has 0 spiro atoms. The molecule has 1 heterocycles. The van der Waals surface area contributed by atoms with Gasteiger partial charge in [0.05, 0.1) is 4.58 Å². The first-order valence-corrected chi connectivity index (χ1v) is 12.0. The molecule has 1 N–H and O–H groups in total. The molecular weight excluding hydrogens is 362 g/mol. The maximum atomic E-state index is 12.5. The van der Waals surface area contributed by atoms with Gasteiger partial charge >= 0.3 is 0 Å². The molecule has 3 nitrogen and oxygen atoms in total. The zero-order valence-corrected chi connectivity index (χ0v) is 16.7. The number of nitrogens with one attached hydrogen (secondary N) is 1. The van der Waals surface area contributed by atoms with Crippen molar-refractivity contribution < 1.29 is 9.53 Å². The number of amides is 1. The molecule has 1 aromatic carbocycles. The summed E-state index contributed by atoms with van der Waals surface area (Å²) in [6.45, 7) is 0.133. The highest BCUT2D eigenvalue weighted by molar-refractivity contribution is 8.19. The number of rotatable bonds is 5. The Labute approximate surface area is 164 Å². The van der Waals surface area contributed by atoms with Crippen molar-refractivity contribution in [1.29, 1.82) is 0 Å². The Morgan fingerprint density at radius 1 is 1.00 bits per heavy atom. The number of carbonyl (C=O) groups is 1. The molecule has 0 atom stereocenters. The molecular formula is C21H27NO2S2. The second-order valence-corrected chi connectivity index (χ2v) is 11.4. The van der Waals surface area contributed by atoms with E-state index in [0.717, 1.165) is 23.5 Å². The molecule has 0 aromatic heterocycles. The van der Waals surface area contributed by atoms with E-state index >= 15 is 0 Å². The fourth-order valence-corrected chi connectivity index (χ4v) is 8.88. The van der Waals surface area contributed by atoms with E-state index in [1.807, 2.05) is 35.7 Å². The normalized spacial score (nSPS) is 35.6. The molecule has 4 saturated carbocycles. The molecule has 5 aliphatic rings. The largest absolute Gasteiger partial charge is 0.484 e. The molecule has 26 heavy (non-hydrogen) atoms. The summed E-state index contributed by atoms with van der Waals surface area (Å²) in [5.41, 5.74) is 1.43. The van der Waals surface area contributed by atoms with Crippen LogP contribution in [0.25, 0.3) is 0 Å². The van der Waals surface area contributed by atoms with Gasteiger partial charge in [0.15, 0.2) is 6.61 Å². The number of carbonyl (C=O) groups excluding carboxylic acids is 1. The Morgan fingerprint density at radius 3 is 2.15 bits per heavy atom. The maximum Gasteiger partial charge on any atom is 0.258 e. The van der Waals surface area contributed by atoms with Crippen molar-refractivity contribution >= 4 is 29.4 Å². The molecule has 1 aliphatic heterocycles. The molecule has 5 heteroatoms. The SMILES string of the molecule is O=C(COc1ccc(C2SCCS2)cc1)NC12CC3CC(CC(C3)C1)C2. The number of benzene rings is 1.